The predicted molar refractivity (Wildman–Crippen MR) is 47.0 cm³/mol. The molecule has 1 fully saturated rings. The fraction of sp³-hybridized carbons (Fsp3) is 0.750. The smallest absolute Gasteiger partial charge is 0.0840 e. The third-order valence-corrected chi connectivity index (χ3v) is 1.73. The summed E-state index contributed by atoms with van der Waals surface area (Å²) in [4.78, 5) is 0. The van der Waals surface area contributed by atoms with E-state index in [2.05, 4.69) is 16.0 Å². The molecule has 2 heterocycles. The molecule has 2 aliphatic heterocycles. The maximum Gasteiger partial charge on any atom is 0.0840 e. The Morgan fingerprint density at radius 3 is 1.64 bits per heavy atom. The average molecular weight is 155 g/mol. The van der Waals surface area contributed by atoms with Gasteiger partial charge in [-0.1, -0.05) is 6.42 Å². The first-order chi connectivity index (χ1) is 5.50. The van der Waals surface area contributed by atoms with Gasteiger partial charge in [0.25, 0.3) is 0 Å². The molecule has 2 aliphatic rings. The van der Waals surface area contributed by atoms with Gasteiger partial charge >= 0.3 is 0 Å². The highest BCUT2D eigenvalue weighted by Gasteiger charge is 1.93. The number of rotatable bonds is 0. The molecule has 64 valence electrons. The van der Waals surface area contributed by atoms with E-state index in [0.29, 0.717) is 0 Å². The second-order valence-corrected chi connectivity index (χ2v) is 2.73. The monoisotopic (exact) mass is 155 g/mol. The molecular weight excluding hydrogens is 138 g/mol. The normalized spacial score (nSPS) is 21.1. The Bertz CT molecular complexity index is 90.4. The maximum absolute atomic E-state index is 3.28. The van der Waals surface area contributed by atoms with E-state index in [1.54, 1.807) is 0 Å². The van der Waals surface area contributed by atoms with Crippen LogP contribution in [0.5, 0.6) is 0 Å². The number of piperidine rings is 1. The molecule has 0 radical (unpaired) electrons. The van der Waals surface area contributed by atoms with Crippen LogP contribution < -0.4 is 16.0 Å². The molecule has 2 rings (SSSR count). The molecule has 0 amide bonds. The molecule has 11 heavy (non-hydrogen) atoms. The third-order valence-electron chi connectivity index (χ3n) is 1.73. The van der Waals surface area contributed by atoms with Crippen molar-refractivity contribution in [3.63, 3.8) is 0 Å². The van der Waals surface area contributed by atoms with E-state index in [0.717, 1.165) is 6.67 Å². The Morgan fingerprint density at radius 1 is 0.818 bits per heavy atom. The first-order valence-corrected chi connectivity index (χ1v) is 4.32. The van der Waals surface area contributed by atoms with E-state index < -0.39 is 0 Å². The first kappa shape index (κ1) is 8.40. The largest absolute Gasteiger partial charge is 0.373 e. The second kappa shape index (κ2) is 6.04. The molecule has 0 aromatic rings. The molecule has 3 heteroatoms. The lowest BCUT2D eigenvalue weighted by Crippen LogP contribution is -2.21. The fourth-order valence-electron chi connectivity index (χ4n) is 1.10. The minimum absolute atomic E-state index is 0.889. The highest BCUT2D eigenvalue weighted by molar-refractivity contribution is 4.82. The van der Waals surface area contributed by atoms with E-state index in [1.165, 1.54) is 32.4 Å². The zero-order valence-corrected chi connectivity index (χ0v) is 6.90. The molecule has 0 bridgehead atoms. The van der Waals surface area contributed by atoms with Gasteiger partial charge in [0.15, 0.2) is 0 Å². The first-order valence-electron chi connectivity index (χ1n) is 4.32. The Labute approximate surface area is 68.2 Å². The van der Waals surface area contributed by atoms with Gasteiger partial charge in [0, 0.05) is 12.4 Å². The van der Waals surface area contributed by atoms with E-state index >= 15 is 0 Å². The molecular formula is C8H17N3. The van der Waals surface area contributed by atoms with Crippen LogP contribution in [0.25, 0.3) is 0 Å². The number of hydrogen-bond donors (Lipinski definition) is 3. The third kappa shape index (κ3) is 4.67. The van der Waals surface area contributed by atoms with Crippen molar-refractivity contribution in [3.05, 3.63) is 12.4 Å². The van der Waals surface area contributed by atoms with Gasteiger partial charge in [0.2, 0.25) is 0 Å². The minimum atomic E-state index is 0.889. The molecule has 0 aromatic heterocycles. The van der Waals surface area contributed by atoms with Crippen LogP contribution in [-0.4, -0.2) is 19.8 Å². The predicted octanol–water partition coefficient (Wildman–Crippen LogP) is 0.368. The molecule has 0 unspecified atom stereocenters. The van der Waals surface area contributed by atoms with Gasteiger partial charge in [-0.25, -0.2) is 0 Å². The fourth-order valence-corrected chi connectivity index (χ4v) is 1.10. The van der Waals surface area contributed by atoms with Crippen LogP contribution in [0.2, 0.25) is 0 Å². The summed E-state index contributed by atoms with van der Waals surface area (Å²) in [6, 6.07) is 0. The summed E-state index contributed by atoms with van der Waals surface area (Å²) in [5, 5.41) is 9.15. The van der Waals surface area contributed by atoms with Gasteiger partial charge in [-0.3, -0.25) is 0 Å². The van der Waals surface area contributed by atoms with Crippen LogP contribution in [0.1, 0.15) is 19.3 Å². The summed E-state index contributed by atoms with van der Waals surface area (Å²) in [6.07, 6.45) is 7.97. The standard InChI is InChI=1S/C5H11N.C3H6N2/c1-2-4-6-5-3-1;1-2-5-3-4-1/h6H,1-5H2;1-2,4-5H,3H2. The Kier molecular flexibility index (Phi) is 4.61. The summed E-state index contributed by atoms with van der Waals surface area (Å²) in [7, 11) is 0. The van der Waals surface area contributed by atoms with Crippen molar-refractivity contribution in [2.75, 3.05) is 19.8 Å². The Morgan fingerprint density at radius 2 is 1.45 bits per heavy atom. The lowest BCUT2D eigenvalue weighted by Gasteiger charge is -2.08. The summed E-state index contributed by atoms with van der Waals surface area (Å²) >= 11 is 0. The van der Waals surface area contributed by atoms with Crippen LogP contribution in [0, 0.1) is 0 Å². The summed E-state index contributed by atoms with van der Waals surface area (Å²) in [6.45, 7) is 3.39. The lowest BCUT2D eigenvalue weighted by atomic mass is 10.2. The molecule has 0 aliphatic carbocycles. The van der Waals surface area contributed by atoms with Crippen molar-refractivity contribution in [2.45, 2.75) is 19.3 Å². The highest BCUT2D eigenvalue weighted by Crippen LogP contribution is 1.96. The summed E-state index contributed by atoms with van der Waals surface area (Å²) in [5.74, 6) is 0. The average Bonchev–Trinajstić information content (AvgIpc) is 2.64. The van der Waals surface area contributed by atoms with Crippen molar-refractivity contribution in [3.8, 4) is 0 Å². The molecule has 0 spiro atoms. The van der Waals surface area contributed by atoms with E-state index in [-0.39, 0.29) is 0 Å². The zero-order valence-electron chi connectivity index (χ0n) is 6.90. The van der Waals surface area contributed by atoms with Gasteiger partial charge in [0.05, 0.1) is 6.67 Å². The molecule has 1 saturated heterocycles. The quantitative estimate of drug-likeness (QED) is 0.473. The molecule has 0 atom stereocenters. The molecule has 0 saturated carbocycles. The second-order valence-electron chi connectivity index (χ2n) is 2.73. The van der Waals surface area contributed by atoms with Crippen LogP contribution in [0.4, 0.5) is 0 Å². The molecule has 3 nitrogen and oxygen atoms in total. The van der Waals surface area contributed by atoms with E-state index in [1.807, 2.05) is 12.4 Å². The Balaban J connectivity index is 0.000000112. The van der Waals surface area contributed by atoms with Crippen molar-refractivity contribution >= 4 is 0 Å². The lowest BCUT2D eigenvalue weighted by molar-refractivity contribution is 0.520. The van der Waals surface area contributed by atoms with E-state index in [9.17, 15) is 0 Å². The van der Waals surface area contributed by atoms with Gasteiger partial charge in [-0.2, -0.15) is 0 Å². The van der Waals surface area contributed by atoms with Gasteiger partial charge in [-0.05, 0) is 25.9 Å². The Hall–Kier alpha value is -0.700. The van der Waals surface area contributed by atoms with Gasteiger partial charge in [-0.15, -0.1) is 0 Å². The van der Waals surface area contributed by atoms with Crippen molar-refractivity contribution in [2.24, 2.45) is 0 Å². The topological polar surface area (TPSA) is 36.1 Å². The molecule has 0 aromatic carbocycles. The van der Waals surface area contributed by atoms with Crippen LogP contribution in [0.15, 0.2) is 12.4 Å². The molecule has 3 N–H and O–H groups in total. The van der Waals surface area contributed by atoms with Crippen LogP contribution >= 0.6 is 0 Å². The number of nitrogens with one attached hydrogen (secondary N) is 3. The van der Waals surface area contributed by atoms with Crippen molar-refractivity contribution in [1.29, 1.82) is 0 Å². The minimum Gasteiger partial charge on any atom is -0.373 e. The van der Waals surface area contributed by atoms with Crippen molar-refractivity contribution < 1.29 is 0 Å². The highest BCUT2D eigenvalue weighted by atomic mass is 15.1. The summed E-state index contributed by atoms with van der Waals surface area (Å²) in [5.41, 5.74) is 0. The number of hydrogen-bond acceptors (Lipinski definition) is 3. The zero-order chi connectivity index (χ0) is 7.78. The maximum atomic E-state index is 3.28. The van der Waals surface area contributed by atoms with Crippen LogP contribution in [-0.2, 0) is 0 Å². The van der Waals surface area contributed by atoms with E-state index in [4.69, 9.17) is 0 Å². The van der Waals surface area contributed by atoms with Crippen molar-refractivity contribution in [1.82, 2.24) is 16.0 Å². The van der Waals surface area contributed by atoms with Crippen LogP contribution in [0.3, 0.4) is 0 Å². The summed E-state index contributed by atoms with van der Waals surface area (Å²) < 4.78 is 0. The van der Waals surface area contributed by atoms with Gasteiger partial charge in [0.1, 0.15) is 0 Å². The van der Waals surface area contributed by atoms with Gasteiger partial charge < -0.3 is 16.0 Å². The SMILES string of the molecule is C1=CNCN1.C1CCNCC1.